The lowest BCUT2D eigenvalue weighted by Gasteiger charge is -2.34. The van der Waals surface area contributed by atoms with Gasteiger partial charge in [0.1, 0.15) is 5.82 Å². The van der Waals surface area contributed by atoms with Gasteiger partial charge in [-0.05, 0) is 30.3 Å². The molecule has 11 heteroatoms. The predicted molar refractivity (Wildman–Crippen MR) is 106 cm³/mol. The highest BCUT2D eigenvalue weighted by molar-refractivity contribution is 7.90. The second kappa shape index (κ2) is 8.02. The maximum absolute atomic E-state index is 13.3. The van der Waals surface area contributed by atoms with E-state index in [0.717, 1.165) is 24.5 Å². The van der Waals surface area contributed by atoms with Crippen molar-refractivity contribution in [1.82, 2.24) is 9.21 Å². The zero-order valence-electron chi connectivity index (χ0n) is 15.4. The van der Waals surface area contributed by atoms with Crippen LogP contribution in [0.4, 0.5) is 4.39 Å². The largest absolute Gasteiger partial charge is 0.336 e. The Labute approximate surface area is 173 Å². The number of hydrogen-bond acceptors (Lipinski definition) is 5. The van der Waals surface area contributed by atoms with E-state index in [1.54, 1.807) is 6.07 Å². The van der Waals surface area contributed by atoms with Crippen LogP contribution in [-0.2, 0) is 19.9 Å². The summed E-state index contributed by atoms with van der Waals surface area (Å²) in [6.45, 7) is 0.213. The summed E-state index contributed by atoms with van der Waals surface area (Å²) in [5, 5.41) is -0.294. The van der Waals surface area contributed by atoms with Crippen LogP contribution >= 0.6 is 11.6 Å². The Morgan fingerprint density at radius 3 is 2.21 bits per heavy atom. The highest BCUT2D eigenvalue weighted by Gasteiger charge is 2.32. The van der Waals surface area contributed by atoms with Gasteiger partial charge in [0.15, 0.2) is 9.84 Å². The number of halogens is 2. The fourth-order valence-corrected chi connectivity index (χ4v) is 5.63. The van der Waals surface area contributed by atoms with Gasteiger partial charge in [-0.2, -0.15) is 4.31 Å². The van der Waals surface area contributed by atoms with Gasteiger partial charge < -0.3 is 4.90 Å². The molecule has 0 N–H and O–H groups in total. The van der Waals surface area contributed by atoms with Crippen LogP contribution in [0.5, 0.6) is 0 Å². The van der Waals surface area contributed by atoms with E-state index >= 15 is 0 Å². The summed E-state index contributed by atoms with van der Waals surface area (Å²) >= 11 is 5.68. The molecule has 0 aliphatic carbocycles. The normalized spacial score (nSPS) is 16.0. The van der Waals surface area contributed by atoms with Crippen molar-refractivity contribution < 1.29 is 26.0 Å². The molecule has 29 heavy (non-hydrogen) atoms. The zero-order chi connectivity index (χ0) is 21.4. The van der Waals surface area contributed by atoms with Crippen LogP contribution in [0.15, 0.2) is 52.3 Å². The number of sulfone groups is 1. The van der Waals surface area contributed by atoms with Gasteiger partial charge in [-0.1, -0.05) is 23.7 Å². The average Bonchev–Trinajstić information content (AvgIpc) is 2.69. The minimum absolute atomic E-state index is 0.0180. The van der Waals surface area contributed by atoms with E-state index in [1.165, 1.54) is 27.4 Å². The Morgan fingerprint density at radius 2 is 1.62 bits per heavy atom. The van der Waals surface area contributed by atoms with Crippen LogP contribution in [0.1, 0.15) is 10.4 Å². The zero-order valence-corrected chi connectivity index (χ0v) is 17.8. The maximum atomic E-state index is 13.3. The molecule has 0 saturated carbocycles. The molecule has 0 spiro atoms. The van der Waals surface area contributed by atoms with Crippen LogP contribution in [-0.4, -0.2) is 64.4 Å². The number of rotatable bonds is 4. The summed E-state index contributed by atoms with van der Waals surface area (Å²) < 4.78 is 63.9. The minimum atomic E-state index is -3.90. The molecule has 2 aromatic carbocycles. The van der Waals surface area contributed by atoms with Crippen molar-refractivity contribution in [2.45, 2.75) is 9.79 Å². The number of sulfonamides is 1. The lowest BCUT2D eigenvalue weighted by Crippen LogP contribution is -2.50. The standard InChI is InChI=1S/C18H18ClFN2O5S2/c1-28(24,25)17-5-3-2-4-14(17)18(23)21-8-10-22(11-9-21)29(26,27)13-6-7-16(20)15(19)12-13/h2-7,12H,8-11H2,1H3. The molecule has 2 aromatic rings. The van der Waals surface area contributed by atoms with Gasteiger partial charge in [-0.25, -0.2) is 21.2 Å². The summed E-state index contributed by atoms with van der Waals surface area (Å²) in [5.74, 6) is -1.20. The topological polar surface area (TPSA) is 91.8 Å². The number of hydrogen-bond donors (Lipinski definition) is 0. The van der Waals surface area contributed by atoms with Gasteiger partial charge in [0.25, 0.3) is 5.91 Å². The van der Waals surface area contributed by atoms with Gasteiger partial charge in [0.2, 0.25) is 10.0 Å². The summed E-state index contributed by atoms with van der Waals surface area (Å²) in [7, 11) is -7.49. The first-order chi connectivity index (χ1) is 13.5. The highest BCUT2D eigenvalue weighted by atomic mass is 35.5. The molecule has 0 bridgehead atoms. The summed E-state index contributed by atoms with van der Waals surface area (Å²) in [6, 6.07) is 9.07. The van der Waals surface area contributed by atoms with Gasteiger partial charge in [-0.3, -0.25) is 4.79 Å². The fourth-order valence-electron chi connectivity index (χ4n) is 3.05. The molecule has 1 aliphatic heterocycles. The van der Waals surface area contributed by atoms with E-state index in [1.807, 2.05) is 0 Å². The second-order valence-corrected chi connectivity index (χ2v) is 10.9. The first-order valence-corrected chi connectivity index (χ1v) is 12.3. The minimum Gasteiger partial charge on any atom is -0.336 e. The van der Waals surface area contributed by atoms with Crippen LogP contribution < -0.4 is 0 Å². The van der Waals surface area contributed by atoms with Crippen molar-refractivity contribution >= 4 is 37.4 Å². The SMILES string of the molecule is CS(=O)(=O)c1ccccc1C(=O)N1CCN(S(=O)(=O)c2ccc(F)c(Cl)c2)CC1. The molecular weight excluding hydrogens is 443 g/mol. The Morgan fingerprint density at radius 1 is 1.00 bits per heavy atom. The molecule has 0 unspecified atom stereocenters. The molecule has 156 valence electrons. The Hall–Kier alpha value is -2.01. The quantitative estimate of drug-likeness (QED) is 0.696. The van der Waals surface area contributed by atoms with E-state index in [9.17, 15) is 26.0 Å². The smallest absolute Gasteiger partial charge is 0.255 e. The van der Waals surface area contributed by atoms with Crippen molar-refractivity contribution in [3.63, 3.8) is 0 Å². The van der Waals surface area contributed by atoms with Crippen LogP contribution in [0, 0.1) is 5.82 Å². The van der Waals surface area contributed by atoms with Gasteiger partial charge in [-0.15, -0.1) is 0 Å². The summed E-state index contributed by atoms with van der Waals surface area (Å²) in [4.78, 5) is 14.0. The average molecular weight is 461 g/mol. The molecule has 1 fully saturated rings. The number of benzene rings is 2. The van der Waals surface area contributed by atoms with Crippen molar-refractivity contribution in [1.29, 1.82) is 0 Å². The van der Waals surface area contributed by atoms with Crippen LogP contribution in [0.25, 0.3) is 0 Å². The first-order valence-electron chi connectivity index (χ1n) is 8.55. The van der Waals surface area contributed by atoms with Crippen molar-refractivity contribution in [3.8, 4) is 0 Å². The lowest BCUT2D eigenvalue weighted by atomic mass is 10.2. The molecule has 0 radical (unpaired) electrons. The molecule has 1 saturated heterocycles. The second-order valence-electron chi connectivity index (χ2n) is 6.54. The number of amides is 1. The van der Waals surface area contributed by atoms with Crippen LogP contribution in [0.3, 0.4) is 0 Å². The molecule has 1 heterocycles. The van der Waals surface area contributed by atoms with E-state index in [0.29, 0.717) is 0 Å². The summed E-state index contributed by atoms with van der Waals surface area (Å²) in [5.41, 5.74) is 0.0524. The van der Waals surface area contributed by atoms with E-state index in [4.69, 9.17) is 11.6 Å². The van der Waals surface area contributed by atoms with Gasteiger partial charge >= 0.3 is 0 Å². The molecule has 7 nitrogen and oxygen atoms in total. The first kappa shape index (κ1) is 21.7. The Kier molecular flexibility index (Phi) is 6.00. The summed E-state index contributed by atoms with van der Waals surface area (Å²) in [6.07, 6.45) is 1.03. The molecule has 0 atom stereocenters. The van der Waals surface area contributed by atoms with E-state index in [2.05, 4.69) is 0 Å². The number of carbonyl (C=O) groups excluding carboxylic acids is 1. The lowest BCUT2D eigenvalue weighted by molar-refractivity contribution is 0.0694. The molecule has 1 aliphatic rings. The molecule has 0 aromatic heterocycles. The third-order valence-corrected chi connectivity index (χ3v) is 7.91. The molecular formula is C18H18ClFN2O5S2. The third-order valence-electron chi connectivity index (χ3n) is 4.57. The van der Waals surface area contributed by atoms with Gasteiger partial charge in [0, 0.05) is 32.4 Å². The predicted octanol–water partition coefficient (Wildman–Crippen LogP) is 2.03. The van der Waals surface area contributed by atoms with Crippen molar-refractivity contribution in [2.75, 3.05) is 32.4 Å². The monoisotopic (exact) mass is 460 g/mol. The fraction of sp³-hybridized carbons (Fsp3) is 0.278. The van der Waals surface area contributed by atoms with Crippen LogP contribution in [0.2, 0.25) is 5.02 Å². The number of carbonyl (C=O) groups is 1. The third kappa shape index (κ3) is 4.45. The van der Waals surface area contributed by atoms with Gasteiger partial charge in [0.05, 0.1) is 20.4 Å². The Bertz CT molecular complexity index is 1160. The van der Waals surface area contributed by atoms with Crippen molar-refractivity contribution in [3.05, 3.63) is 58.9 Å². The van der Waals surface area contributed by atoms with E-state index in [-0.39, 0.29) is 46.6 Å². The maximum Gasteiger partial charge on any atom is 0.255 e. The molecule has 3 rings (SSSR count). The Balaban J connectivity index is 1.77. The number of nitrogens with zero attached hydrogens (tertiary/aromatic N) is 2. The van der Waals surface area contributed by atoms with E-state index < -0.39 is 31.6 Å². The van der Waals surface area contributed by atoms with Crippen molar-refractivity contribution in [2.24, 2.45) is 0 Å². The molecule has 1 amide bonds. The number of piperazine rings is 1. The highest BCUT2D eigenvalue weighted by Crippen LogP contribution is 2.24.